The highest BCUT2D eigenvalue weighted by Crippen LogP contribution is 2.32. The third kappa shape index (κ3) is 2.99. The van der Waals surface area contributed by atoms with E-state index in [1.165, 1.54) is 25.0 Å². The van der Waals surface area contributed by atoms with Gasteiger partial charge in [0.1, 0.15) is 11.6 Å². The number of nitro groups is 1. The second kappa shape index (κ2) is 5.93. The summed E-state index contributed by atoms with van der Waals surface area (Å²) in [6.45, 7) is 0. The van der Waals surface area contributed by atoms with Gasteiger partial charge in [0.25, 0.3) is 5.69 Å². The number of thioether (sulfide) groups is 1. The molecular formula is C13H15N3O2S. The van der Waals surface area contributed by atoms with Crippen LogP contribution < -0.4 is 5.32 Å². The van der Waals surface area contributed by atoms with Crippen LogP contribution in [-0.2, 0) is 0 Å². The maximum atomic E-state index is 10.9. The summed E-state index contributed by atoms with van der Waals surface area (Å²) in [5.41, 5.74) is 0.686. The molecular weight excluding hydrogens is 262 g/mol. The van der Waals surface area contributed by atoms with Crippen molar-refractivity contribution in [3.05, 3.63) is 33.9 Å². The molecule has 0 spiro atoms. The first-order valence-corrected chi connectivity index (χ1v) is 7.42. The van der Waals surface area contributed by atoms with Crippen molar-refractivity contribution in [2.45, 2.75) is 30.6 Å². The van der Waals surface area contributed by atoms with Crippen molar-refractivity contribution in [1.29, 1.82) is 5.26 Å². The Morgan fingerprint density at radius 3 is 2.95 bits per heavy atom. The van der Waals surface area contributed by atoms with E-state index >= 15 is 0 Å². The van der Waals surface area contributed by atoms with Gasteiger partial charge < -0.3 is 5.32 Å². The third-order valence-electron chi connectivity index (χ3n) is 3.42. The average molecular weight is 277 g/mol. The molecule has 1 saturated carbocycles. The Labute approximate surface area is 116 Å². The predicted octanol–water partition coefficient (Wildman–Crippen LogP) is 3.16. The zero-order valence-electron chi connectivity index (χ0n) is 10.6. The maximum absolute atomic E-state index is 10.9. The predicted molar refractivity (Wildman–Crippen MR) is 76.4 cm³/mol. The first-order valence-electron chi connectivity index (χ1n) is 6.13. The quantitative estimate of drug-likeness (QED) is 0.675. The molecule has 19 heavy (non-hydrogen) atoms. The number of rotatable bonds is 4. The topological polar surface area (TPSA) is 79.0 Å². The molecule has 0 bridgehead atoms. The van der Waals surface area contributed by atoms with Gasteiger partial charge in [-0.3, -0.25) is 10.1 Å². The van der Waals surface area contributed by atoms with Gasteiger partial charge in [-0.2, -0.15) is 17.0 Å². The lowest BCUT2D eigenvalue weighted by Gasteiger charge is -2.20. The molecule has 0 amide bonds. The van der Waals surface area contributed by atoms with Crippen LogP contribution in [0, 0.1) is 21.4 Å². The lowest BCUT2D eigenvalue weighted by Crippen LogP contribution is -2.25. The fourth-order valence-corrected chi connectivity index (χ4v) is 3.39. The van der Waals surface area contributed by atoms with E-state index in [0.717, 1.165) is 12.1 Å². The Kier molecular flexibility index (Phi) is 4.27. The number of nitrogens with zero attached hydrogens (tertiary/aromatic N) is 2. The largest absolute Gasteiger partial charge is 0.381 e. The Hall–Kier alpha value is -1.74. The number of nitriles is 1. The molecule has 100 valence electrons. The highest BCUT2D eigenvalue weighted by Gasteiger charge is 2.26. The molecule has 1 fully saturated rings. The van der Waals surface area contributed by atoms with Gasteiger partial charge >= 0.3 is 0 Å². The minimum absolute atomic E-state index is 0.100. The van der Waals surface area contributed by atoms with Crippen LogP contribution >= 0.6 is 11.8 Å². The highest BCUT2D eigenvalue weighted by atomic mass is 32.2. The number of anilines is 1. The van der Waals surface area contributed by atoms with Crippen LogP contribution in [0.15, 0.2) is 18.2 Å². The van der Waals surface area contributed by atoms with Crippen LogP contribution in [0.2, 0.25) is 0 Å². The molecule has 2 rings (SSSR count). The number of nitrogens with one attached hydrogen (secondary N) is 1. The molecule has 1 aromatic rings. The van der Waals surface area contributed by atoms with Crippen LogP contribution in [0.25, 0.3) is 0 Å². The summed E-state index contributed by atoms with van der Waals surface area (Å²) in [5, 5.41) is 23.7. The van der Waals surface area contributed by atoms with Gasteiger partial charge in [0.05, 0.1) is 4.92 Å². The summed E-state index contributed by atoms with van der Waals surface area (Å²) in [7, 11) is 0. The molecule has 1 aliphatic rings. The van der Waals surface area contributed by atoms with Gasteiger partial charge in [0.2, 0.25) is 0 Å². The second-order valence-electron chi connectivity index (χ2n) is 4.56. The summed E-state index contributed by atoms with van der Waals surface area (Å²) >= 11 is 1.83. The number of benzene rings is 1. The summed E-state index contributed by atoms with van der Waals surface area (Å²) in [4.78, 5) is 10.4. The minimum Gasteiger partial charge on any atom is -0.381 e. The summed E-state index contributed by atoms with van der Waals surface area (Å²) in [6, 6.07) is 6.89. The van der Waals surface area contributed by atoms with E-state index in [-0.39, 0.29) is 11.3 Å². The van der Waals surface area contributed by atoms with E-state index in [4.69, 9.17) is 5.26 Å². The lowest BCUT2D eigenvalue weighted by molar-refractivity contribution is -0.385. The smallest absolute Gasteiger partial charge is 0.289 e. The number of hydrogen-bond acceptors (Lipinski definition) is 5. The molecule has 1 N–H and O–H groups in total. The monoisotopic (exact) mass is 277 g/mol. The molecule has 0 aliphatic heterocycles. The highest BCUT2D eigenvalue weighted by molar-refractivity contribution is 7.99. The zero-order valence-corrected chi connectivity index (χ0v) is 11.4. The molecule has 6 heteroatoms. The van der Waals surface area contributed by atoms with Gasteiger partial charge in [-0.05, 0) is 31.2 Å². The van der Waals surface area contributed by atoms with E-state index in [1.807, 2.05) is 17.8 Å². The number of nitro benzene ring substituents is 1. The van der Waals surface area contributed by atoms with E-state index in [1.54, 1.807) is 6.07 Å². The average Bonchev–Trinajstić information content (AvgIpc) is 2.85. The van der Waals surface area contributed by atoms with E-state index in [0.29, 0.717) is 11.3 Å². The third-order valence-corrected chi connectivity index (χ3v) is 4.59. The van der Waals surface area contributed by atoms with E-state index in [9.17, 15) is 10.1 Å². The molecule has 0 saturated heterocycles. The minimum atomic E-state index is -0.509. The summed E-state index contributed by atoms with van der Waals surface area (Å²) in [6.07, 6.45) is 5.53. The van der Waals surface area contributed by atoms with Crippen molar-refractivity contribution in [2.24, 2.45) is 0 Å². The Balaban J connectivity index is 2.20. The van der Waals surface area contributed by atoms with Gasteiger partial charge in [-0.15, -0.1) is 0 Å². The first-order chi connectivity index (χ1) is 9.15. The van der Waals surface area contributed by atoms with Crippen LogP contribution in [0.5, 0.6) is 0 Å². The normalized spacial score (nSPS) is 21.9. The van der Waals surface area contributed by atoms with Crippen LogP contribution in [0.1, 0.15) is 24.8 Å². The van der Waals surface area contributed by atoms with Gasteiger partial charge in [-0.1, -0.05) is 6.42 Å². The lowest BCUT2D eigenvalue weighted by atomic mass is 10.1. The Bertz CT molecular complexity index is 527. The molecule has 1 aromatic carbocycles. The number of hydrogen-bond donors (Lipinski definition) is 1. The fourth-order valence-electron chi connectivity index (χ4n) is 2.45. The molecule has 2 atom stereocenters. The Morgan fingerprint density at radius 1 is 1.53 bits per heavy atom. The van der Waals surface area contributed by atoms with E-state index < -0.39 is 4.92 Å². The van der Waals surface area contributed by atoms with Crippen molar-refractivity contribution >= 4 is 23.1 Å². The van der Waals surface area contributed by atoms with Crippen molar-refractivity contribution in [3.8, 4) is 6.07 Å². The van der Waals surface area contributed by atoms with Crippen molar-refractivity contribution in [1.82, 2.24) is 0 Å². The SMILES string of the molecule is CSC1CCCC1Nc1ccc(C#N)c([N+](=O)[O-])c1. The first kappa shape index (κ1) is 13.7. The Morgan fingerprint density at radius 2 is 2.32 bits per heavy atom. The van der Waals surface area contributed by atoms with Crippen molar-refractivity contribution < 1.29 is 4.92 Å². The molecule has 5 nitrogen and oxygen atoms in total. The van der Waals surface area contributed by atoms with Gasteiger partial charge in [-0.25, -0.2) is 0 Å². The standard InChI is InChI=1S/C13H15N3O2S/c1-19-13-4-2-3-11(13)15-10-6-5-9(8-14)12(7-10)16(17)18/h5-7,11,13,15H,2-4H2,1H3. The van der Waals surface area contributed by atoms with Crippen molar-refractivity contribution in [3.63, 3.8) is 0 Å². The molecule has 2 unspecified atom stereocenters. The summed E-state index contributed by atoms with van der Waals surface area (Å²) < 4.78 is 0. The zero-order chi connectivity index (χ0) is 13.8. The summed E-state index contributed by atoms with van der Waals surface area (Å²) in [5.74, 6) is 0. The van der Waals surface area contributed by atoms with Crippen LogP contribution in [0.4, 0.5) is 11.4 Å². The van der Waals surface area contributed by atoms with Crippen molar-refractivity contribution in [2.75, 3.05) is 11.6 Å². The molecule has 1 aliphatic carbocycles. The van der Waals surface area contributed by atoms with Crippen LogP contribution in [0.3, 0.4) is 0 Å². The molecule has 0 radical (unpaired) electrons. The second-order valence-corrected chi connectivity index (χ2v) is 5.63. The van der Waals surface area contributed by atoms with Gasteiger partial charge in [0.15, 0.2) is 0 Å². The van der Waals surface area contributed by atoms with E-state index in [2.05, 4.69) is 11.6 Å². The molecule has 0 heterocycles. The van der Waals surface area contributed by atoms with Gasteiger partial charge in [0, 0.05) is 23.0 Å². The maximum Gasteiger partial charge on any atom is 0.289 e. The molecule has 0 aromatic heterocycles. The van der Waals surface area contributed by atoms with Crippen LogP contribution in [-0.4, -0.2) is 22.5 Å². The fraction of sp³-hybridized carbons (Fsp3) is 0.462.